The first-order valence-electron chi connectivity index (χ1n) is 8.22. The molecule has 3 aliphatic rings. The second-order valence-electron chi connectivity index (χ2n) is 6.03. The molecule has 6 heteroatoms. The zero-order valence-corrected chi connectivity index (χ0v) is 13.3. The van der Waals surface area contributed by atoms with Crippen molar-refractivity contribution < 1.29 is 28.4 Å². The Balaban J connectivity index is 1.54. The van der Waals surface area contributed by atoms with Gasteiger partial charge in [-0.2, -0.15) is 0 Å². The topological polar surface area (TPSA) is 65.3 Å². The molecule has 4 rings (SSSR count). The van der Waals surface area contributed by atoms with Crippen molar-refractivity contribution in [3.05, 3.63) is 17.7 Å². The van der Waals surface area contributed by atoms with Crippen molar-refractivity contribution in [1.29, 1.82) is 0 Å². The Labute approximate surface area is 135 Å². The van der Waals surface area contributed by atoms with Crippen LogP contribution in [0, 0.1) is 0 Å². The Morgan fingerprint density at radius 1 is 0.826 bits per heavy atom. The van der Waals surface area contributed by atoms with Crippen LogP contribution in [0.4, 0.5) is 0 Å². The molecule has 3 atom stereocenters. The van der Waals surface area contributed by atoms with Crippen LogP contribution in [0.25, 0.3) is 0 Å². The van der Waals surface area contributed by atoms with E-state index in [0.717, 1.165) is 37.6 Å². The van der Waals surface area contributed by atoms with Gasteiger partial charge in [-0.25, -0.2) is 0 Å². The average Bonchev–Trinajstić information content (AvgIpc) is 3.42. The minimum absolute atomic E-state index is 0.180. The predicted octanol–water partition coefficient (Wildman–Crippen LogP) is 1.58. The van der Waals surface area contributed by atoms with Crippen LogP contribution >= 0.6 is 0 Å². The van der Waals surface area contributed by atoms with Gasteiger partial charge in [-0.05, 0) is 18.1 Å². The van der Waals surface area contributed by atoms with E-state index >= 15 is 0 Å². The highest BCUT2D eigenvalue weighted by Crippen LogP contribution is 2.41. The fourth-order valence-corrected chi connectivity index (χ4v) is 2.30. The number of rotatable bonds is 10. The molecule has 0 radical (unpaired) electrons. The van der Waals surface area contributed by atoms with E-state index in [2.05, 4.69) is 6.92 Å². The molecule has 23 heavy (non-hydrogen) atoms. The summed E-state index contributed by atoms with van der Waals surface area (Å²) in [5.41, 5.74) is 1.10. The zero-order chi connectivity index (χ0) is 15.6. The molecule has 3 aliphatic heterocycles. The molecule has 6 nitrogen and oxygen atoms in total. The first-order chi connectivity index (χ1) is 11.3. The van der Waals surface area contributed by atoms with Crippen LogP contribution in [-0.2, 0) is 20.6 Å². The highest BCUT2D eigenvalue weighted by Gasteiger charge is 2.29. The van der Waals surface area contributed by atoms with Crippen molar-refractivity contribution in [2.45, 2.75) is 31.7 Å². The van der Waals surface area contributed by atoms with Gasteiger partial charge in [-0.3, -0.25) is 0 Å². The van der Waals surface area contributed by atoms with Gasteiger partial charge < -0.3 is 28.4 Å². The second kappa shape index (κ2) is 6.55. The molecule has 0 amide bonds. The maximum absolute atomic E-state index is 6.00. The Kier molecular flexibility index (Phi) is 4.29. The molecule has 0 N–H and O–H groups in total. The molecule has 3 fully saturated rings. The Morgan fingerprint density at radius 2 is 1.35 bits per heavy atom. The summed E-state index contributed by atoms with van der Waals surface area (Å²) in [5, 5.41) is 0. The number of hydrogen-bond acceptors (Lipinski definition) is 6. The van der Waals surface area contributed by atoms with Gasteiger partial charge in [0, 0.05) is 0 Å². The standard InChI is InChI=1S/C17H22O6/c1-2-11-3-4-15(21-8-12-5-18-12)17(23-10-14-7-20-14)16(11)22-9-13-6-19-13/h3-4,12-14H,2,5-10H2,1H3. The zero-order valence-electron chi connectivity index (χ0n) is 13.3. The second-order valence-corrected chi connectivity index (χ2v) is 6.03. The Morgan fingerprint density at radius 3 is 1.87 bits per heavy atom. The Hall–Kier alpha value is -1.50. The lowest BCUT2D eigenvalue weighted by Gasteiger charge is -2.19. The summed E-state index contributed by atoms with van der Waals surface area (Å²) in [4.78, 5) is 0. The average molecular weight is 322 g/mol. The number of hydrogen-bond donors (Lipinski definition) is 0. The largest absolute Gasteiger partial charge is 0.487 e. The van der Waals surface area contributed by atoms with Crippen molar-refractivity contribution in [2.24, 2.45) is 0 Å². The molecule has 0 aromatic heterocycles. The van der Waals surface area contributed by atoms with E-state index in [9.17, 15) is 0 Å². The number of aryl methyl sites for hydroxylation is 1. The van der Waals surface area contributed by atoms with E-state index < -0.39 is 0 Å². The SMILES string of the molecule is CCc1ccc(OCC2CO2)c(OCC2CO2)c1OCC1CO1. The lowest BCUT2D eigenvalue weighted by Crippen LogP contribution is -2.12. The van der Waals surface area contributed by atoms with E-state index in [1.807, 2.05) is 12.1 Å². The van der Waals surface area contributed by atoms with E-state index in [1.54, 1.807) is 0 Å². The molecule has 3 saturated heterocycles. The van der Waals surface area contributed by atoms with Crippen molar-refractivity contribution in [3.8, 4) is 17.2 Å². The summed E-state index contributed by atoms with van der Waals surface area (Å²) in [6.45, 7) is 5.98. The molecule has 126 valence electrons. The van der Waals surface area contributed by atoms with E-state index in [4.69, 9.17) is 28.4 Å². The lowest BCUT2D eigenvalue weighted by atomic mass is 10.1. The molecule has 3 heterocycles. The van der Waals surface area contributed by atoms with Crippen LogP contribution in [0.3, 0.4) is 0 Å². The Bertz CT molecular complexity index is 548. The third-order valence-electron chi connectivity index (χ3n) is 4.00. The first-order valence-corrected chi connectivity index (χ1v) is 8.22. The number of benzene rings is 1. The normalized spacial score (nSPS) is 27.4. The summed E-state index contributed by atoms with van der Waals surface area (Å²) < 4.78 is 33.5. The van der Waals surface area contributed by atoms with Crippen molar-refractivity contribution in [1.82, 2.24) is 0 Å². The van der Waals surface area contributed by atoms with E-state index in [-0.39, 0.29) is 18.3 Å². The quantitative estimate of drug-likeness (QED) is 0.609. The summed E-state index contributed by atoms with van der Waals surface area (Å²) in [6.07, 6.45) is 1.44. The van der Waals surface area contributed by atoms with Gasteiger partial charge in [0.25, 0.3) is 0 Å². The molecule has 0 saturated carbocycles. The van der Waals surface area contributed by atoms with Crippen molar-refractivity contribution >= 4 is 0 Å². The maximum Gasteiger partial charge on any atom is 0.203 e. The predicted molar refractivity (Wildman–Crippen MR) is 81.5 cm³/mol. The minimum Gasteiger partial charge on any atom is -0.487 e. The minimum atomic E-state index is 0.180. The van der Waals surface area contributed by atoms with Crippen LogP contribution in [-0.4, -0.2) is 58.0 Å². The van der Waals surface area contributed by atoms with E-state index in [1.165, 1.54) is 0 Å². The van der Waals surface area contributed by atoms with Crippen LogP contribution in [0.1, 0.15) is 12.5 Å². The molecular weight excluding hydrogens is 300 g/mol. The van der Waals surface area contributed by atoms with Gasteiger partial charge in [0.1, 0.15) is 38.1 Å². The fourth-order valence-electron chi connectivity index (χ4n) is 2.30. The number of ether oxygens (including phenoxy) is 6. The van der Waals surface area contributed by atoms with Crippen molar-refractivity contribution in [2.75, 3.05) is 39.6 Å². The first kappa shape index (κ1) is 15.1. The molecule has 3 unspecified atom stereocenters. The monoisotopic (exact) mass is 322 g/mol. The summed E-state index contributed by atoms with van der Waals surface area (Å²) in [6, 6.07) is 3.98. The molecule has 0 spiro atoms. The third kappa shape index (κ3) is 4.07. The molecule has 0 aliphatic carbocycles. The van der Waals surface area contributed by atoms with Crippen LogP contribution < -0.4 is 14.2 Å². The van der Waals surface area contributed by atoms with Crippen LogP contribution in [0.15, 0.2) is 12.1 Å². The van der Waals surface area contributed by atoms with Crippen molar-refractivity contribution in [3.63, 3.8) is 0 Å². The molecule has 1 aromatic carbocycles. The van der Waals surface area contributed by atoms with Gasteiger partial charge in [-0.1, -0.05) is 13.0 Å². The highest BCUT2D eigenvalue weighted by atomic mass is 16.6. The fraction of sp³-hybridized carbons (Fsp3) is 0.647. The highest BCUT2D eigenvalue weighted by molar-refractivity contribution is 5.56. The molecular formula is C17H22O6. The van der Waals surface area contributed by atoms with Crippen LogP contribution in [0.2, 0.25) is 0 Å². The molecule has 0 bridgehead atoms. The van der Waals surface area contributed by atoms with Gasteiger partial charge >= 0.3 is 0 Å². The number of epoxide rings is 3. The summed E-state index contributed by atoms with van der Waals surface area (Å²) in [7, 11) is 0. The third-order valence-corrected chi connectivity index (χ3v) is 4.00. The molecule has 1 aromatic rings. The van der Waals surface area contributed by atoms with Crippen LogP contribution in [0.5, 0.6) is 17.2 Å². The summed E-state index contributed by atoms with van der Waals surface area (Å²) in [5.74, 6) is 2.13. The smallest absolute Gasteiger partial charge is 0.203 e. The lowest BCUT2D eigenvalue weighted by molar-refractivity contribution is 0.207. The van der Waals surface area contributed by atoms with Gasteiger partial charge in [0.2, 0.25) is 5.75 Å². The maximum atomic E-state index is 6.00. The van der Waals surface area contributed by atoms with E-state index in [0.29, 0.717) is 31.3 Å². The van der Waals surface area contributed by atoms with Gasteiger partial charge in [0.15, 0.2) is 11.5 Å². The van der Waals surface area contributed by atoms with Gasteiger partial charge in [-0.15, -0.1) is 0 Å². The van der Waals surface area contributed by atoms with Gasteiger partial charge in [0.05, 0.1) is 19.8 Å². The summed E-state index contributed by atoms with van der Waals surface area (Å²) >= 11 is 0.